The number of hydrogen-bond acceptors (Lipinski definition) is 7. The summed E-state index contributed by atoms with van der Waals surface area (Å²) < 4.78 is 22.6. The topological polar surface area (TPSA) is 66.1 Å². The lowest BCUT2D eigenvalue weighted by Gasteiger charge is -2.08. The van der Waals surface area contributed by atoms with Crippen molar-refractivity contribution < 1.29 is 18.6 Å². The molecule has 0 spiro atoms. The number of thiazole rings is 1. The highest BCUT2D eigenvalue weighted by atomic mass is 32.1. The molecule has 0 atom stereocenters. The Morgan fingerprint density at radius 2 is 1.47 bits per heavy atom. The van der Waals surface area contributed by atoms with Gasteiger partial charge in [-0.2, -0.15) is 0 Å². The van der Waals surface area contributed by atoms with Crippen LogP contribution >= 0.6 is 11.3 Å². The first kappa shape index (κ1) is 23.6. The van der Waals surface area contributed by atoms with Crippen LogP contribution in [0.4, 0.5) is 5.13 Å². The standard InChI is InChI=1S/C29H26N2O4S/c1-5-34-23-14-15-26-24(16-23)25(17-27(35-26)19-6-10-21(32-3)11-7-19)30-29-31-28(18(2)36-29)20-8-12-22(33-4)13-9-20/h6-17H,5H2,1-4H3. The molecule has 6 nitrogen and oxygen atoms in total. The van der Waals surface area contributed by atoms with E-state index in [0.29, 0.717) is 23.1 Å². The van der Waals surface area contributed by atoms with Crippen LogP contribution in [0.15, 0.2) is 82.2 Å². The number of ether oxygens (including phenoxy) is 3. The van der Waals surface area contributed by atoms with Crippen LogP contribution in [0.5, 0.6) is 17.2 Å². The lowest BCUT2D eigenvalue weighted by atomic mass is 10.1. The van der Waals surface area contributed by atoms with Gasteiger partial charge in [-0.3, -0.25) is 0 Å². The molecule has 0 aliphatic rings. The second kappa shape index (κ2) is 10.3. The molecule has 5 aromatic rings. The highest BCUT2D eigenvalue weighted by Gasteiger charge is 2.12. The maximum atomic E-state index is 6.27. The Balaban J connectivity index is 1.65. The zero-order valence-corrected chi connectivity index (χ0v) is 21.4. The van der Waals surface area contributed by atoms with E-state index in [-0.39, 0.29) is 0 Å². The fourth-order valence-electron chi connectivity index (χ4n) is 3.94. The monoisotopic (exact) mass is 498 g/mol. The van der Waals surface area contributed by atoms with Gasteiger partial charge in [0.2, 0.25) is 5.13 Å². The molecule has 0 bridgehead atoms. The number of fused-ring (bicyclic) bond motifs is 1. The highest BCUT2D eigenvalue weighted by Crippen LogP contribution is 2.33. The van der Waals surface area contributed by atoms with Crippen LogP contribution in [0.3, 0.4) is 0 Å². The third kappa shape index (κ3) is 4.83. The molecule has 7 heteroatoms. The Bertz CT molecular complexity index is 1570. The van der Waals surface area contributed by atoms with Crippen LogP contribution in [-0.4, -0.2) is 25.8 Å². The number of nitrogens with zero attached hydrogens (tertiary/aromatic N) is 2. The van der Waals surface area contributed by atoms with Crippen molar-refractivity contribution in [3.63, 3.8) is 0 Å². The molecule has 0 saturated heterocycles. The van der Waals surface area contributed by atoms with E-state index in [9.17, 15) is 0 Å². The number of aromatic nitrogens is 1. The first-order chi connectivity index (χ1) is 17.6. The molecule has 0 radical (unpaired) electrons. The summed E-state index contributed by atoms with van der Waals surface area (Å²) in [6.07, 6.45) is 0. The molecule has 2 heterocycles. The van der Waals surface area contributed by atoms with Crippen LogP contribution in [-0.2, 0) is 0 Å². The maximum Gasteiger partial charge on any atom is 0.210 e. The fraction of sp³-hybridized carbons (Fsp3) is 0.172. The summed E-state index contributed by atoms with van der Waals surface area (Å²) in [5.74, 6) is 3.07. The quantitative estimate of drug-likeness (QED) is 0.238. The van der Waals surface area contributed by atoms with Crippen molar-refractivity contribution in [3.05, 3.63) is 83.0 Å². The van der Waals surface area contributed by atoms with Crippen molar-refractivity contribution in [2.24, 2.45) is 4.99 Å². The predicted molar refractivity (Wildman–Crippen MR) is 143 cm³/mol. The average Bonchev–Trinajstić information content (AvgIpc) is 3.28. The third-order valence-electron chi connectivity index (χ3n) is 5.77. The van der Waals surface area contributed by atoms with Crippen molar-refractivity contribution in [1.82, 2.24) is 4.98 Å². The zero-order chi connectivity index (χ0) is 25.1. The summed E-state index contributed by atoms with van der Waals surface area (Å²) in [6.45, 7) is 4.60. The lowest BCUT2D eigenvalue weighted by molar-refractivity contribution is 0.340. The molecule has 0 fully saturated rings. The molecule has 0 aliphatic heterocycles. The summed E-state index contributed by atoms with van der Waals surface area (Å²) >= 11 is 1.56. The van der Waals surface area contributed by atoms with Gasteiger partial charge in [-0.1, -0.05) is 11.3 Å². The summed E-state index contributed by atoms with van der Waals surface area (Å²) in [6, 6.07) is 23.4. The van der Waals surface area contributed by atoms with E-state index in [1.165, 1.54) is 0 Å². The van der Waals surface area contributed by atoms with Gasteiger partial charge in [-0.15, -0.1) is 0 Å². The molecule has 0 saturated carbocycles. The van der Waals surface area contributed by atoms with Crippen molar-refractivity contribution in [3.8, 4) is 39.8 Å². The number of benzene rings is 3. The largest absolute Gasteiger partial charge is 0.497 e. The average molecular weight is 499 g/mol. The molecule has 0 aliphatic carbocycles. The minimum Gasteiger partial charge on any atom is -0.497 e. The van der Waals surface area contributed by atoms with Gasteiger partial charge in [0, 0.05) is 27.5 Å². The van der Waals surface area contributed by atoms with Gasteiger partial charge < -0.3 is 18.6 Å². The first-order valence-electron chi connectivity index (χ1n) is 11.6. The predicted octanol–water partition coefficient (Wildman–Crippen LogP) is 7.18. The summed E-state index contributed by atoms with van der Waals surface area (Å²) in [4.78, 5) is 10.9. The van der Waals surface area contributed by atoms with Crippen molar-refractivity contribution in [2.45, 2.75) is 13.8 Å². The normalized spacial score (nSPS) is 11.6. The Morgan fingerprint density at radius 3 is 2.11 bits per heavy atom. The van der Waals surface area contributed by atoms with Crippen LogP contribution < -0.4 is 19.6 Å². The molecule has 182 valence electrons. The second-order valence-electron chi connectivity index (χ2n) is 8.06. The summed E-state index contributed by atoms with van der Waals surface area (Å²) in [5.41, 5.74) is 3.58. The minimum atomic E-state index is 0.579. The van der Waals surface area contributed by atoms with Crippen LogP contribution in [0.2, 0.25) is 0 Å². The molecule has 0 amide bonds. The number of methoxy groups -OCH3 is 2. The van der Waals surface area contributed by atoms with E-state index in [1.807, 2.05) is 79.7 Å². The van der Waals surface area contributed by atoms with Gasteiger partial charge in [-0.05, 0) is 80.6 Å². The van der Waals surface area contributed by atoms with E-state index in [4.69, 9.17) is 28.6 Å². The van der Waals surface area contributed by atoms with Crippen molar-refractivity contribution in [1.29, 1.82) is 0 Å². The minimum absolute atomic E-state index is 0.579. The molecule has 0 unspecified atom stereocenters. The SMILES string of the molecule is CCOc1ccc2oc(-c3ccc(OC)cc3)cc(=Nc3nc(-c4ccc(OC)cc4)c(C)s3)c2c1. The van der Waals surface area contributed by atoms with Crippen molar-refractivity contribution >= 4 is 27.4 Å². The van der Waals surface area contributed by atoms with Gasteiger partial charge in [0.25, 0.3) is 0 Å². The van der Waals surface area contributed by atoms with Crippen LogP contribution in [0.1, 0.15) is 11.8 Å². The molecular formula is C29H26N2O4S. The molecular weight excluding hydrogens is 472 g/mol. The first-order valence-corrected chi connectivity index (χ1v) is 12.4. The number of rotatable bonds is 7. The molecule has 0 N–H and O–H groups in total. The van der Waals surface area contributed by atoms with Gasteiger partial charge in [0.05, 0.1) is 31.9 Å². The number of aryl methyl sites for hydroxylation is 1. The van der Waals surface area contributed by atoms with Gasteiger partial charge in [0.15, 0.2) is 0 Å². The maximum absolute atomic E-state index is 6.27. The van der Waals surface area contributed by atoms with E-state index < -0.39 is 0 Å². The lowest BCUT2D eigenvalue weighted by Crippen LogP contribution is -2.04. The van der Waals surface area contributed by atoms with E-state index in [1.54, 1.807) is 25.6 Å². The van der Waals surface area contributed by atoms with Gasteiger partial charge in [0.1, 0.15) is 28.6 Å². The Labute approximate surface area is 213 Å². The Morgan fingerprint density at radius 1 is 0.833 bits per heavy atom. The van der Waals surface area contributed by atoms with Crippen LogP contribution in [0, 0.1) is 6.92 Å². The van der Waals surface area contributed by atoms with Gasteiger partial charge in [-0.25, -0.2) is 9.98 Å². The fourth-order valence-corrected chi connectivity index (χ4v) is 4.76. The van der Waals surface area contributed by atoms with E-state index >= 15 is 0 Å². The highest BCUT2D eigenvalue weighted by molar-refractivity contribution is 7.15. The molecule has 2 aromatic heterocycles. The molecule has 5 rings (SSSR count). The molecule has 36 heavy (non-hydrogen) atoms. The third-order valence-corrected chi connectivity index (χ3v) is 6.63. The van der Waals surface area contributed by atoms with E-state index in [2.05, 4.69) is 6.92 Å². The van der Waals surface area contributed by atoms with Crippen molar-refractivity contribution in [2.75, 3.05) is 20.8 Å². The smallest absolute Gasteiger partial charge is 0.210 e. The molecule has 3 aromatic carbocycles. The second-order valence-corrected chi connectivity index (χ2v) is 9.24. The number of hydrogen-bond donors (Lipinski definition) is 0. The van der Waals surface area contributed by atoms with E-state index in [0.717, 1.165) is 49.7 Å². The Kier molecular flexibility index (Phi) is 6.73. The summed E-state index contributed by atoms with van der Waals surface area (Å²) in [5, 5.41) is 2.30. The Hall–Kier alpha value is -4.10. The zero-order valence-electron chi connectivity index (χ0n) is 20.6. The summed E-state index contributed by atoms with van der Waals surface area (Å²) in [7, 11) is 3.31. The van der Waals surface area contributed by atoms with Crippen LogP contribution in [0.25, 0.3) is 33.6 Å². The van der Waals surface area contributed by atoms with Gasteiger partial charge >= 0.3 is 0 Å².